The molecular weight excluding hydrogens is 242 g/mol. The lowest BCUT2D eigenvalue weighted by molar-refractivity contribution is -0.134. The van der Waals surface area contributed by atoms with E-state index in [1.165, 1.54) is 0 Å². The predicted molar refractivity (Wildman–Crippen MR) is 74.8 cm³/mol. The molecule has 0 spiro atoms. The topological polar surface area (TPSA) is 58.4 Å². The van der Waals surface area contributed by atoms with Crippen LogP contribution < -0.4 is 0 Å². The standard InChI is InChI=1S/C14H25N3O2/c1-10(2)17(9-11(3)18)14(19)7-6-13-8-15-16(5)12(13)4/h8,10-11,18H,6-7,9H2,1-5H3. The Morgan fingerprint density at radius 2 is 2.11 bits per heavy atom. The van der Waals surface area contributed by atoms with Gasteiger partial charge >= 0.3 is 0 Å². The molecule has 1 heterocycles. The first-order valence-corrected chi connectivity index (χ1v) is 6.78. The van der Waals surface area contributed by atoms with E-state index >= 15 is 0 Å². The van der Waals surface area contributed by atoms with Gasteiger partial charge in [-0.3, -0.25) is 9.48 Å². The molecule has 0 saturated carbocycles. The lowest BCUT2D eigenvalue weighted by atomic mass is 10.1. The molecule has 0 aliphatic carbocycles. The van der Waals surface area contributed by atoms with Gasteiger partial charge in [0, 0.05) is 31.7 Å². The fourth-order valence-electron chi connectivity index (χ4n) is 2.06. The minimum absolute atomic E-state index is 0.0825. The normalized spacial score (nSPS) is 12.8. The molecule has 1 rings (SSSR count). The summed E-state index contributed by atoms with van der Waals surface area (Å²) in [4.78, 5) is 13.9. The van der Waals surface area contributed by atoms with Gasteiger partial charge in [-0.2, -0.15) is 5.10 Å². The number of hydrogen-bond donors (Lipinski definition) is 1. The fourth-order valence-corrected chi connectivity index (χ4v) is 2.06. The van der Waals surface area contributed by atoms with E-state index in [1.54, 1.807) is 11.8 Å². The second-order valence-electron chi connectivity index (χ2n) is 5.37. The molecule has 0 radical (unpaired) electrons. The summed E-state index contributed by atoms with van der Waals surface area (Å²) in [5.74, 6) is 0.0825. The fraction of sp³-hybridized carbons (Fsp3) is 0.714. The number of carbonyl (C=O) groups is 1. The molecule has 108 valence electrons. The van der Waals surface area contributed by atoms with Crippen molar-refractivity contribution in [2.75, 3.05) is 6.54 Å². The lowest BCUT2D eigenvalue weighted by Crippen LogP contribution is -2.41. The van der Waals surface area contributed by atoms with E-state index in [4.69, 9.17) is 0 Å². The molecule has 5 nitrogen and oxygen atoms in total. The van der Waals surface area contributed by atoms with E-state index in [0.717, 1.165) is 11.3 Å². The van der Waals surface area contributed by atoms with Crippen molar-refractivity contribution in [1.82, 2.24) is 14.7 Å². The van der Waals surface area contributed by atoms with Crippen LogP contribution in [0.5, 0.6) is 0 Å². The highest BCUT2D eigenvalue weighted by Gasteiger charge is 2.19. The number of nitrogens with zero attached hydrogens (tertiary/aromatic N) is 3. The highest BCUT2D eigenvalue weighted by atomic mass is 16.3. The summed E-state index contributed by atoms with van der Waals surface area (Å²) in [5, 5.41) is 13.6. The van der Waals surface area contributed by atoms with Crippen molar-refractivity contribution in [3.63, 3.8) is 0 Å². The minimum Gasteiger partial charge on any atom is -0.392 e. The van der Waals surface area contributed by atoms with E-state index in [1.807, 2.05) is 38.7 Å². The highest BCUT2D eigenvalue weighted by molar-refractivity contribution is 5.76. The molecule has 0 aliphatic rings. The number of hydrogen-bond acceptors (Lipinski definition) is 3. The first-order chi connectivity index (χ1) is 8.82. The molecule has 0 fully saturated rings. The van der Waals surface area contributed by atoms with E-state index in [-0.39, 0.29) is 11.9 Å². The second-order valence-corrected chi connectivity index (χ2v) is 5.37. The number of aliphatic hydroxyl groups excluding tert-OH is 1. The van der Waals surface area contributed by atoms with E-state index < -0.39 is 6.10 Å². The number of rotatable bonds is 6. The van der Waals surface area contributed by atoms with Crippen molar-refractivity contribution >= 4 is 5.91 Å². The van der Waals surface area contributed by atoms with Gasteiger partial charge in [-0.15, -0.1) is 0 Å². The van der Waals surface area contributed by atoms with Crippen LogP contribution in [0.3, 0.4) is 0 Å². The van der Waals surface area contributed by atoms with Gasteiger partial charge in [0.05, 0.1) is 12.3 Å². The number of aromatic nitrogens is 2. The Hall–Kier alpha value is -1.36. The lowest BCUT2D eigenvalue weighted by Gasteiger charge is -2.28. The molecule has 0 saturated heterocycles. The van der Waals surface area contributed by atoms with E-state index in [2.05, 4.69) is 5.10 Å². The predicted octanol–water partition coefficient (Wildman–Crippen LogP) is 1.28. The van der Waals surface area contributed by atoms with Gasteiger partial charge in [0.2, 0.25) is 5.91 Å². The Morgan fingerprint density at radius 1 is 1.47 bits per heavy atom. The second kappa shape index (κ2) is 6.70. The average Bonchev–Trinajstić information content (AvgIpc) is 2.63. The molecule has 0 aromatic carbocycles. The SMILES string of the molecule is Cc1c(CCC(=O)N(CC(C)O)C(C)C)cnn1C. The molecular formula is C14H25N3O2. The zero-order chi connectivity index (χ0) is 14.6. The Bertz CT molecular complexity index is 424. The Morgan fingerprint density at radius 3 is 2.53 bits per heavy atom. The smallest absolute Gasteiger partial charge is 0.223 e. The van der Waals surface area contributed by atoms with Crippen molar-refractivity contribution in [3.05, 3.63) is 17.5 Å². The quantitative estimate of drug-likeness (QED) is 0.844. The number of aliphatic hydroxyl groups is 1. The molecule has 0 aliphatic heterocycles. The van der Waals surface area contributed by atoms with Gasteiger partial charge in [0.25, 0.3) is 0 Å². The van der Waals surface area contributed by atoms with Gasteiger partial charge in [-0.05, 0) is 39.7 Å². The highest BCUT2D eigenvalue weighted by Crippen LogP contribution is 2.11. The van der Waals surface area contributed by atoms with Crippen LogP contribution in [0.15, 0.2) is 6.20 Å². The first-order valence-electron chi connectivity index (χ1n) is 6.78. The summed E-state index contributed by atoms with van der Waals surface area (Å²) in [7, 11) is 1.90. The van der Waals surface area contributed by atoms with E-state index in [0.29, 0.717) is 19.4 Å². The van der Waals surface area contributed by atoms with Crippen molar-refractivity contribution < 1.29 is 9.90 Å². The summed E-state index contributed by atoms with van der Waals surface area (Å²) in [6, 6.07) is 0.108. The summed E-state index contributed by atoms with van der Waals surface area (Å²) in [5.41, 5.74) is 2.20. The third-order valence-electron chi connectivity index (χ3n) is 3.35. The van der Waals surface area contributed by atoms with Crippen LogP contribution in [0.4, 0.5) is 0 Å². The van der Waals surface area contributed by atoms with Gasteiger partial charge in [0.15, 0.2) is 0 Å². The maximum absolute atomic E-state index is 12.2. The van der Waals surface area contributed by atoms with Gasteiger partial charge in [0.1, 0.15) is 0 Å². The largest absolute Gasteiger partial charge is 0.392 e. The van der Waals surface area contributed by atoms with Crippen molar-refractivity contribution in [2.24, 2.45) is 7.05 Å². The number of carbonyl (C=O) groups excluding carboxylic acids is 1. The van der Waals surface area contributed by atoms with Crippen LogP contribution in [0.2, 0.25) is 0 Å². The van der Waals surface area contributed by atoms with Crippen molar-refractivity contribution in [1.29, 1.82) is 0 Å². The Kier molecular flexibility index (Phi) is 5.54. The van der Waals surface area contributed by atoms with Crippen LogP contribution in [-0.2, 0) is 18.3 Å². The Balaban J connectivity index is 2.60. The third kappa shape index (κ3) is 4.35. The Labute approximate surface area is 115 Å². The summed E-state index contributed by atoms with van der Waals surface area (Å²) in [6.07, 6.45) is 2.47. The monoisotopic (exact) mass is 267 g/mol. The van der Waals surface area contributed by atoms with Crippen LogP contribution in [0.1, 0.15) is 38.4 Å². The summed E-state index contributed by atoms with van der Waals surface area (Å²) in [6.45, 7) is 8.03. The van der Waals surface area contributed by atoms with Crippen LogP contribution in [0.25, 0.3) is 0 Å². The minimum atomic E-state index is -0.494. The van der Waals surface area contributed by atoms with Crippen molar-refractivity contribution in [2.45, 2.75) is 52.7 Å². The molecule has 5 heteroatoms. The molecule has 1 atom stereocenters. The molecule has 1 aromatic heterocycles. The zero-order valence-electron chi connectivity index (χ0n) is 12.6. The van der Waals surface area contributed by atoms with E-state index in [9.17, 15) is 9.90 Å². The average molecular weight is 267 g/mol. The molecule has 0 bridgehead atoms. The van der Waals surface area contributed by atoms with Gasteiger partial charge in [-0.1, -0.05) is 0 Å². The third-order valence-corrected chi connectivity index (χ3v) is 3.35. The number of aryl methyl sites for hydroxylation is 2. The molecule has 1 N–H and O–H groups in total. The van der Waals surface area contributed by atoms with Crippen LogP contribution >= 0.6 is 0 Å². The van der Waals surface area contributed by atoms with Gasteiger partial charge < -0.3 is 10.0 Å². The molecule has 1 aromatic rings. The zero-order valence-corrected chi connectivity index (χ0v) is 12.6. The van der Waals surface area contributed by atoms with Gasteiger partial charge in [-0.25, -0.2) is 0 Å². The molecule has 1 unspecified atom stereocenters. The summed E-state index contributed by atoms with van der Waals surface area (Å²) < 4.78 is 1.82. The molecule has 19 heavy (non-hydrogen) atoms. The van der Waals surface area contributed by atoms with Crippen LogP contribution in [-0.4, -0.2) is 44.4 Å². The maximum atomic E-state index is 12.2. The van der Waals surface area contributed by atoms with Crippen molar-refractivity contribution in [3.8, 4) is 0 Å². The number of amides is 1. The van der Waals surface area contributed by atoms with Crippen LogP contribution in [0, 0.1) is 6.92 Å². The molecule has 1 amide bonds. The maximum Gasteiger partial charge on any atom is 0.223 e. The first kappa shape index (κ1) is 15.7. The summed E-state index contributed by atoms with van der Waals surface area (Å²) >= 11 is 0.